The molecular weight excluding hydrogens is 390 g/mol. The number of benzene rings is 2. The Morgan fingerprint density at radius 1 is 1.21 bits per heavy atom. The number of hydrogen-bond acceptors (Lipinski definition) is 2. The number of methoxy groups -OCH3 is 1. The lowest BCUT2D eigenvalue weighted by Crippen LogP contribution is -2.29. The Hall–Kier alpha value is -1.52. The average molecular weight is 409 g/mol. The molecular formula is C19H19BrClNO2. The molecule has 1 aliphatic carbocycles. The van der Waals surface area contributed by atoms with E-state index < -0.39 is 0 Å². The maximum atomic E-state index is 12.7. The van der Waals surface area contributed by atoms with Crippen molar-refractivity contribution in [2.24, 2.45) is 5.41 Å². The van der Waals surface area contributed by atoms with Crippen LogP contribution in [-0.2, 0) is 0 Å². The Morgan fingerprint density at radius 2 is 1.88 bits per heavy atom. The minimum Gasteiger partial charge on any atom is -0.496 e. The molecule has 24 heavy (non-hydrogen) atoms. The summed E-state index contributed by atoms with van der Waals surface area (Å²) in [6.07, 6.45) is 0. The third kappa shape index (κ3) is 3.17. The predicted octanol–water partition coefficient (Wildman–Crippen LogP) is 5.03. The molecule has 0 radical (unpaired) electrons. The van der Waals surface area contributed by atoms with Crippen LogP contribution in [-0.4, -0.2) is 19.1 Å². The topological polar surface area (TPSA) is 38.3 Å². The maximum Gasteiger partial charge on any atom is 0.255 e. The Balaban J connectivity index is 1.80. The van der Waals surface area contributed by atoms with Crippen LogP contribution in [0.15, 0.2) is 46.9 Å². The van der Waals surface area contributed by atoms with Crippen molar-refractivity contribution >= 4 is 33.4 Å². The molecule has 1 N–H and O–H groups in total. The fourth-order valence-electron chi connectivity index (χ4n) is 3.28. The fourth-order valence-corrected chi connectivity index (χ4v) is 3.71. The molecule has 1 aliphatic rings. The number of hydrogen-bond donors (Lipinski definition) is 1. The van der Waals surface area contributed by atoms with Crippen LogP contribution < -0.4 is 10.1 Å². The normalized spacial score (nSPS) is 21.2. The van der Waals surface area contributed by atoms with Crippen molar-refractivity contribution in [1.29, 1.82) is 0 Å². The summed E-state index contributed by atoms with van der Waals surface area (Å²) in [7, 11) is 1.55. The van der Waals surface area contributed by atoms with Crippen LogP contribution in [0, 0.1) is 5.41 Å². The lowest BCUT2D eigenvalue weighted by atomic mass is 10.0. The monoisotopic (exact) mass is 407 g/mol. The average Bonchev–Trinajstić information content (AvgIpc) is 3.08. The molecule has 3 rings (SSSR count). The Morgan fingerprint density at radius 3 is 2.50 bits per heavy atom. The SMILES string of the molecule is COc1ccc(Cl)cc1C(=O)N[C@H]1[C@H](c2ccc(Br)cc2)C1(C)C. The van der Waals surface area contributed by atoms with Crippen LogP contribution in [0.5, 0.6) is 5.75 Å². The number of nitrogens with one attached hydrogen (secondary N) is 1. The Kier molecular flexibility index (Phi) is 4.63. The number of rotatable bonds is 4. The third-order valence-electron chi connectivity index (χ3n) is 4.75. The smallest absolute Gasteiger partial charge is 0.255 e. The zero-order valence-corrected chi connectivity index (χ0v) is 16.1. The summed E-state index contributed by atoms with van der Waals surface area (Å²) in [5.41, 5.74) is 1.70. The van der Waals surface area contributed by atoms with Gasteiger partial charge in [-0.1, -0.05) is 53.5 Å². The molecule has 0 spiro atoms. The Labute approximate surface area is 155 Å². The van der Waals surface area contributed by atoms with Crippen LogP contribution in [0.1, 0.15) is 35.7 Å². The zero-order chi connectivity index (χ0) is 17.5. The summed E-state index contributed by atoms with van der Waals surface area (Å²) < 4.78 is 6.33. The van der Waals surface area contributed by atoms with Crippen molar-refractivity contribution in [1.82, 2.24) is 5.32 Å². The number of halogens is 2. The van der Waals surface area contributed by atoms with Crippen molar-refractivity contribution in [2.75, 3.05) is 7.11 Å². The van der Waals surface area contributed by atoms with E-state index in [1.807, 2.05) is 12.1 Å². The third-order valence-corrected chi connectivity index (χ3v) is 5.51. The molecule has 1 fully saturated rings. The first-order valence-electron chi connectivity index (χ1n) is 7.74. The minimum absolute atomic E-state index is 0.00923. The number of carbonyl (C=O) groups is 1. The number of ether oxygens (including phenoxy) is 1. The van der Waals surface area contributed by atoms with E-state index in [9.17, 15) is 4.79 Å². The highest BCUT2D eigenvalue weighted by molar-refractivity contribution is 9.10. The van der Waals surface area contributed by atoms with Gasteiger partial charge in [-0.25, -0.2) is 0 Å². The molecule has 0 saturated heterocycles. The van der Waals surface area contributed by atoms with Crippen LogP contribution in [0.3, 0.4) is 0 Å². The van der Waals surface area contributed by atoms with E-state index in [4.69, 9.17) is 16.3 Å². The standard InChI is InChI=1S/C19H19BrClNO2/c1-19(2)16(11-4-6-12(20)7-5-11)17(19)22-18(23)14-10-13(21)8-9-15(14)24-3/h4-10,16-17H,1-3H3,(H,22,23)/t16-,17-/m0/s1. The van der Waals surface area contributed by atoms with Crippen LogP contribution in [0.4, 0.5) is 0 Å². The largest absolute Gasteiger partial charge is 0.496 e. The van der Waals surface area contributed by atoms with E-state index in [0.29, 0.717) is 22.3 Å². The first-order valence-corrected chi connectivity index (χ1v) is 8.91. The summed E-state index contributed by atoms with van der Waals surface area (Å²) in [6, 6.07) is 13.4. The van der Waals surface area contributed by atoms with Crippen molar-refractivity contribution in [2.45, 2.75) is 25.8 Å². The number of amides is 1. The van der Waals surface area contributed by atoms with Gasteiger partial charge in [0.05, 0.1) is 12.7 Å². The molecule has 0 heterocycles. The molecule has 0 unspecified atom stereocenters. The molecule has 0 aromatic heterocycles. The van der Waals surface area contributed by atoms with Gasteiger partial charge in [-0.3, -0.25) is 4.79 Å². The minimum atomic E-state index is -0.160. The summed E-state index contributed by atoms with van der Waals surface area (Å²) >= 11 is 9.48. The fraction of sp³-hybridized carbons (Fsp3) is 0.316. The van der Waals surface area contributed by atoms with Gasteiger partial charge in [-0.2, -0.15) is 0 Å². The maximum absolute atomic E-state index is 12.7. The van der Waals surface area contributed by atoms with Gasteiger partial charge in [0.25, 0.3) is 5.91 Å². The molecule has 3 nitrogen and oxygen atoms in total. The van der Waals surface area contributed by atoms with Gasteiger partial charge in [0, 0.05) is 21.5 Å². The van der Waals surface area contributed by atoms with E-state index >= 15 is 0 Å². The summed E-state index contributed by atoms with van der Waals surface area (Å²) in [6.45, 7) is 4.33. The van der Waals surface area contributed by atoms with Gasteiger partial charge in [0.15, 0.2) is 0 Å². The molecule has 126 valence electrons. The second-order valence-electron chi connectivity index (χ2n) is 6.65. The van der Waals surface area contributed by atoms with Crippen LogP contribution in [0.25, 0.3) is 0 Å². The molecule has 5 heteroatoms. The molecule has 1 amide bonds. The van der Waals surface area contributed by atoms with Crippen molar-refractivity contribution in [3.05, 3.63) is 63.1 Å². The Bertz CT molecular complexity index is 773. The van der Waals surface area contributed by atoms with E-state index in [2.05, 4.69) is 47.2 Å². The number of carbonyl (C=O) groups excluding carboxylic acids is 1. The molecule has 2 aromatic carbocycles. The van der Waals surface area contributed by atoms with Crippen LogP contribution >= 0.6 is 27.5 Å². The van der Waals surface area contributed by atoms with Crippen LogP contribution in [0.2, 0.25) is 5.02 Å². The van der Waals surface area contributed by atoms with E-state index in [1.165, 1.54) is 5.56 Å². The predicted molar refractivity (Wildman–Crippen MR) is 99.9 cm³/mol. The molecule has 2 atom stereocenters. The van der Waals surface area contributed by atoms with E-state index in [-0.39, 0.29) is 17.4 Å². The van der Waals surface area contributed by atoms with Gasteiger partial charge >= 0.3 is 0 Å². The highest BCUT2D eigenvalue weighted by Gasteiger charge is 2.59. The quantitative estimate of drug-likeness (QED) is 0.770. The van der Waals surface area contributed by atoms with Gasteiger partial charge in [0.1, 0.15) is 5.75 Å². The van der Waals surface area contributed by atoms with E-state index in [0.717, 1.165) is 4.47 Å². The molecule has 0 bridgehead atoms. The first-order chi connectivity index (χ1) is 11.3. The lowest BCUT2D eigenvalue weighted by Gasteiger charge is -2.10. The van der Waals surface area contributed by atoms with Crippen molar-refractivity contribution < 1.29 is 9.53 Å². The zero-order valence-electron chi connectivity index (χ0n) is 13.8. The van der Waals surface area contributed by atoms with Gasteiger partial charge in [0.2, 0.25) is 0 Å². The second kappa shape index (κ2) is 6.41. The summed E-state index contributed by atoms with van der Waals surface area (Å²) in [5, 5.41) is 3.65. The van der Waals surface area contributed by atoms with Crippen molar-refractivity contribution in [3.8, 4) is 5.75 Å². The second-order valence-corrected chi connectivity index (χ2v) is 8.00. The summed E-state index contributed by atoms with van der Waals surface area (Å²) in [5.74, 6) is 0.655. The highest BCUT2D eigenvalue weighted by Crippen LogP contribution is 2.58. The van der Waals surface area contributed by atoms with Gasteiger partial charge in [-0.05, 0) is 41.3 Å². The lowest BCUT2D eigenvalue weighted by molar-refractivity contribution is 0.0943. The van der Waals surface area contributed by atoms with Gasteiger partial charge < -0.3 is 10.1 Å². The summed E-state index contributed by atoms with van der Waals surface area (Å²) in [4.78, 5) is 12.7. The molecule has 0 aliphatic heterocycles. The highest BCUT2D eigenvalue weighted by atomic mass is 79.9. The van der Waals surface area contributed by atoms with Crippen molar-refractivity contribution in [3.63, 3.8) is 0 Å². The van der Waals surface area contributed by atoms with Gasteiger partial charge in [-0.15, -0.1) is 0 Å². The first kappa shape index (κ1) is 17.3. The van der Waals surface area contributed by atoms with E-state index in [1.54, 1.807) is 25.3 Å². The molecule has 2 aromatic rings. The molecule has 1 saturated carbocycles.